The van der Waals surface area contributed by atoms with Crippen LogP contribution < -0.4 is 10.9 Å². The van der Waals surface area contributed by atoms with Crippen LogP contribution in [0.3, 0.4) is 0 Å². The molecular weight excluding hydrogens is 344 g/mol. The smallest absolute Gasteiger partial charge is 0.347 e. The van der Waals surface area contributed by atoms with Crippen LogP contribution >= 0.6 is 0 Å². The molecule has 1 aliphatic carbocycles. The third kappa shape index (κ3) is 3.61. The summed E-state index contributed by atoms with van der Waals surface area (Å²) in [4.78, 5) is 29.3. The topological polar surface area (TPSA) is 92.4 Å². The normalized spacial score (nSPS) is 19.7. The zero-order valence-corrected chi connectivity index (χ0v) is 14.7. The first kappa shape index (κ1) is 17.4. The largest absolute Gasteiger partial charge is 0.403 e. The van der Waals surface area contributed by atoms with Crippen molar-refractivity contribution in [1.82, 2.24) is 4.98 Å². The molecule has 4 rings (SSSR count). The predicted octanol–water partition coefficient (Wildman–Crippen LogP) is 3.34. The minimum atomic E-state index is -0.460. The van der Waals surface area contributed by atoms with Crippen LogP contribution in [-0.2, 0) is 4.79 Å². The van der Waals surface area contributed by atoms with Gasteiger partial charge in [0.2, 0.25) is 11.8 Å². The number of nitrogens with zero attached hydrogens (tertiary/aromatic N) is 1. The van der Waals surface area contributed by atoms with E-state index in [2.05, 4.69) is 10.3 Å². The van der Waals surface area contributed by atoms with Crippen LogP contribution in [0.2, 0.25) is 0 Å². The number of amides is 1. The Balaban J connectivity index is 1.66. The number of nitrogens with one attached hydrogen (secondary N) is 1. The van der Waals surface area contributed by atoms with Gasteiger partial charge in [-0.2, -0.15) is 0 Å². The second kappa shape index (κ2) is 7.32. The van der Waals surface area contributed by atoms with Crippen molar-refractivity contribution < 1.29 is 14.3 Å². The molecular formula is C21H20N2O4. The van der Waals surface area contributed by atoms with Gasteiger partial charge in [-0.3, -0.25) is 4.79 Å². The Labute approximate surface area is 155 Å². The number of hydrogen-bond acceptors (Lipinski definition) is 5. The lowest BCUT2D eigenvalue weighted by atomic mass is 9.87. The molecule has 0 saturated heterocycles. The highest BCUT2D eigenvalue weighted by molar-refractivity contribution is 5.96. The maximum absolute atomic E-state index is 12.6. The monoisotopic (exact) mass is 364 g/mol. The summed E-state index contributed by atoms with van der Waals surface area (Å²) in [5.74, 6) is -0.0378. The van der Waals surface area contributed by atoms with E-state index in [1.54, 1.807) is 36.4 Å². The van der Waals surface area contributed by atoms with Crippen molar-refractivity contribution >= 4 is 22.5 Å². The third-order valence-corrected chi connectivity index (χ3v) is 5.02. The van der Waals surface area contributed by atoms with Crippen LogP contribution in [0.15, 0.2) is 57.7 Å². The molecule has 0 aliphatic heterocycles. The Morgan fingerprint density at radius 3 is 2.56 bits per heavy atom. The van der Waals surface area contributed by atoms with E-state index in [9.17, 15) is 14.7 Å². The van der Waals surface area contributed by atoms with Gasteiger partial charge >= 0.3 is 5.63 Å². The van der Waals surface area contributed by atoms with Crippen molar-refractivity contribution in [2.24, 2.45) is 5.92 Å². The van der Waals surface area contributed by atoms with Gasteiger partial charge in [-0.25, -0.2) is 9.78 Å². The fourth-order valence-electron chi connectivity index (χ4n) is 3.49. The Bertz CT molecular complexity index is 1040. The van der Waals surface area contributed by atoms with E-state index in [4.69, 9.17) is 4.42 Å². The molecule has 2 aromatic carbocycles. The summed E-state index contributed by atoms with van der Waals surface area (Å²) in [5.41, 5.74) is 1.20. The van der Waals surface area contributed by atoms with Gasteiger partial charge in [-0.1, -0.05) is 24.3 Å². The fraction of sp³-hybridized carbons (Fsp3) is 0.286. The summed E-state index contributed by atoms with van der Waals surface area (Å²) in [6.07, 6.45) is 2.30. The number of para-hydroxylation sites is 2. The van der Waals surface area contributed by atoms with Crippen molar-refractivity contribution in [1.29, 1.82) is 0 Å². The number of fused-ring (bicyclic) bond motifs is 1. The van der Waals surface area contributed by atoms with Gasteiger partial charge in [0.1, 0.15) is 0 Å². The molecule has 1 amide bonds. The van der Waals surface area contributed by atoms with Crippen LogP contribution in [0.4, 0.5) is 5.69 Å². The van der Waals surface area contributed by atoms with Crippen molar-refractivity contribution in [2.45, 2.75) is 31.8 Å². The summed E-state index contributed by atoms with van der Waals surface area (Å²) >= 11 is 0. The van der Waals surface area contributed by atoms with Crippen LogP contribution in [0.25, 0.3) is 22.4 Å². The molecule has 1 saturated carbocycles. The van der Waals surface area contributed by atoms with Gasteiger partial charge in [0.05, 0.1) is 28.3 Å². The van der Waals surface area contributed by atoms with Gasteiger partial charge in [-0.05, 0) is 49.9 Å². The summed E-state index contributed by atoms with van der Waals surface area (Å²) in [6, 6.07) is 14.1. The molecule has 1 heterocycles. The van der Waals surface area contributed by atoms with Gasteiger partial charge in [0.25, 0.3) is 0 Å². The number of carbonyl (C=O) groups is 1. The maximum atomic E-state index is 12.6. The number of anilines is 1. The molecule has 1 aromatic heterocycles. The van der Waals surface area contributed by atoms with E-state index in [1.807, 2.05) is 12.1 Å². The molecule has 0 atom stereocenters. The lowest BCUT2D eigenvalue weighted by molar-refractivity contribution is -0.121. The number of hydrogen-bond donors (Lipinski definition) is 2. The number of aliphatic hydroxyl groups excluding tert-OH is 1. The summed E-state index contributed by atoms with van der Waals surface area (Å²) < 4.78 is 5.41. The quantitative estimate of drug-likeness (QED) is 0.743. The zero-order valence-electron chi connectivity index (χ0n) is 14.7. The summed E-state index contributed by atoms with van der Waals surface area (Å²) in [7, 11) is 0. The van der Waals surface area contributed by atoms with Crippen molar-refractivity contribution in [3.8, 4) is 11.5 Å². The lowest BCUT2D eigenvalue weighted by Gasteiger charge is -2.24. The van der Waals surface area contributed by atoms with Crippen molar-refractivity contribution in [3.63, 3.8) is 0 Å². The molecule has 1 fully saturated rings. The molecule has 6 nitrogen and oxygen atoms in total. The third-order valence-electron chi connectivity index (χ3n) is 5.02. The summed E-state index contributed by atoms with van der Waals surface area (Å²) in [5, 5.41) is 13.0. The van der Waals surface area contributed by atoms with Crippen LogP contribution in [-0.4, -0.2) is 22.1 Å². The number of aromatic nitrogens is 1. The second-order valence-corrected chi connectivity index (χ2v) is 6.86. The fourth-order valence-corrected chi connectivity index (χ4v) is 3.49. The maximum Gasteiger partial charge on any atom is 0.347 e. The molecule has 27 heavy (non-hydrogen) atoms. The van der Waals surface area contributed by atoms with Gasteiger partial charge in [-0.15, -0.1) is 0 Å². The first-order valence-electron chi connectivity index (χ1n) is 9.10. The minimum absolute atomic E-state index is 0.0857. The van der Waals surface area contributed by atoms with E-state index in [1.165, 1.54) is 0 Å². The highest BCUT2D eigenvalue weighted by Crippen LogP contribution is 2.29. The molecule has 2 N–H and O–H groups in total. The molecule has 0 unspecified atom stereocenters. The minimum Gasteiger partial charge on any atom is -0.403 e. The van der Waals surface area contributed by atoms with E-state index in [0.717, 1.165) is 0 Å². The Kier molecular flexibility index (Phi) is 4.73. The Morgan fingerprint density at radius 2 is 1.74 bits per heavy atom. The predicted molar refractivity (Wildman–Crippen MR) is 102 cm³/mol. The molecule has 6 heteroatoms. The number of carbonyl (C=O) groups excluding carboxylic acids is 1. The SMILES string of the molecule is O=C(Nc1ccccc1-c1nc2ccccc2c(=O)o1)C1CCC(O)CC1. The standard InChI is InChI=1S/C21H20N2O4/c24-14-11-9-13(10-12-14)19(25)22-17-7-3-1-5-15(17)20-23-18-8-4-2-6-16(18)21(26)27-20/h1-8,13-14,24H,9-12H2,(H,22,25). The van der Waals surface area contributed by atoms with E-state index < -0.39 is 5.63 Å². The molecule has 3 aromatic rings. The van der Waals surface area contributed by atoms with Crippen LogP contribution in [0.5, 0.6) is 0 Å². The Morgan fingerprint density at radius 1 is 1.04 bits per heavy atom. The molecule has 138 valence electrons. The second-order valence-electron chi connectivity index (χ2n) is 6.86. The highest BCUT2D eigenvalue weighted by Gasteiger charge is 2.26. The van der Waals surface area contributed by atoms with Crippen LogP contribution in [0.1, 0.15) is 25.7 Å². The number of rotatable bonds is 3. The highest BCUT2D eigenvalue weighted by atomic mass is 16.4. The van der Waals surface area contributed by atoms with E-state index in [0.29, 0.717) is 47.8 Å². The van der Waals surface area contributed by atoms with Gasteiger partial charge in [0, 0.05) is 5.92 Å². The molecule has 0 bridgehead atoms. The van der Waals surface area contributed by atoms with Gasteiger partial charge in [0.15, 0.2) is 0 Å². The number of aliphatic hydroxyl groups is 1. The summed E-state index contributed by atoms with van der Waals surface area (Å²) in [6.45, 7) is 0. The number of benzene rings is 2. The van der Waals surface area contributed by atoms with E-state index in [-0.39, 0.29) is 23.8 Å². The molecule has 1 aliphatic rings. The van der Waals surface area contributed by atoms with E-state index >= 15 is 0 Å². The molecule has 0 radical (unpaired) electrons. The first-order valence-corrected chi connectivity index (χ1v) is 9.10. The van der Waals surface area contributed by atoms with Gasteiger partial charge < -0.3 is 14.8 Å². The molecule has 0 spiro atoms. The zero-order chi connectivity index (χ0) is 18.8. The lowest BCUT2D eigenvalue weighted by Crippen LogP contribution is -2.28. The average molecular weight is 364 g/mol. The average Bonchev–Trinajstić information content (AvgIpc) is 2.69. The first-order chi connectivity index (χ1) is 13.1. The van der Waals surface area contributed by atoms with Crippen LogP contribution in [0, 0.1) is 5.92 Å². The Hall–Kier alpha value is -2.99. The van der Waals surface area contributed by atoms with Crippen molar-refractivity contribution in [3.05, 3.63) is 59.0 Å². The van der Waals surface area contributed by atoms with Crippen molar-refractivity contribution in [2.75, 3.05) is 5.32 Å².